The van der Waals surface area contributed by atoms with Gasteiger partial charge in [0, 0.05) is 24.8 Å². The fourth-order valence-electron chi connectivity index (χ4n) is 3.53. The zero-order valence-corrected chi connectivity index (χ0v) is 16.7. The van der Waals surface area contributed by atoms with E-state index >= 15 is 0 Å². The van der Waals surface area contributed by atoms with Crippen molar-refractivity contribution in [1.82, 2.24) is 9.88 Å². The average molecular weight is 348 g/mol. The predicted molar refractivity (Wildman–Crippen MR) is 102 cm³/mol. The monoisotopic (exact) mass is 347 g/mol. The van der Waals surface area contributed by atoms with Gasteiger partial charge in [-0.3, -0.25) is 0 Å². The molecule has 0 unspecified atom stereocenters. The van der Waals surface area contributed by atoms with Gasteiger partial charge in [-0.1, -0.05) is 6.07 Å². The van der Waals surface area contributed by atoms with Gasteiger partial charge in [0.05, 0.1) is 6.04 Å². The Morgan fingerprint density at radius 3 is 2.36 bits per heavy atom. The molecule has 140 valence electrons. The molecule has 5 nitrogen and oxygen atoms in total. The molecule has 1 aliphatic heterocycles. The van der Waals surface area contributed by atoms with E-state index in [-0.39, 0.29) is 12.1 Å². The molecule has 1 saturated heterocycles. The van der Waals surface area contributed by atoms with Gasteiger partial charge in [0.25, 0.3) is 0 Å². The molecule has 2 rings (SSSR count). The van der Waals surface area contributed by atoms with Gasteiger partial charge in [-0.15, -0.1) is 0 Å². The molecule has 2 heterocycles. The molecule has 1 atom stereocenters. The second-order valence-corrected chi connectivity index (χ2v) is 8.38. The summed E-state index contributed by atoms with van der Waals surface area (Å²) >= 11 is 0. The quantitative estimate of drug-likeness (QED) is 0.786. The van der Waals surface area contributed by atoms with Crippen LogP contribution in [0.2, 0.25) is 0 Å². The normalized spacial score (nSPS) is 18.1. The molecule has 1 aliphatic rings. The number of hydrogen-bond acceptors (Lipinski definition) is 4. The van der Waals surface area contributed by atoms with Gasteiger partial charge < -0.3 is 14.5 Å². The first-order chi connectivity index (χ1) is 11.6. The van der Waals surface area contributed by atoms with Crippen molar-refractivity contribution in [1.29, 1.82) is 0 Å². The van der Waals surface area contributed by atoms with E-state index in [1.807, 2.05) is 31.9 Å². The molecule has 1 fully saturated rings. The van der Waals surface area contributed by atoms with Gasteiger partial charge in [0.2, 0.25) is 0 Å². The van der Waals surface area contributed by atoms with E-state index in [2.05, 4.69) is 49.7 Å². The molecule has 25 heavy (non-hydrogen) atoms. The Morgan fingerprint density at radius 1 is 1.24 bits per heavy atom. The fraction of sp³-hybridized carbons (Fsp3) is 0.700. The minimum Gasteiger partial charge on any atom is -0.444 e. The topological polar surface area (TPSA) is 45.7 Å². The Morgan fingerprint density at radius 2 is 1.88 bits per heavy atom. The number of aromatic nitrogens is 1. The second kappa shape index (κ2) is 7.63. The second-order valence-electron chi connectivity index (χ2n) is 8.38. The zero-order valence-electron chi connectivity index (χ0n) is 16.7. The van der Waals surface area contributed by atoms with E-state index in [1.165, 1.54) is 0 Å². The molecule has 0 saturated carbocycles. The van der Waals surface area contributed by atoms with Crippen LogP contribution in [0.15, 0.2) is 18.3 Å². The van der Waals surface area contributed by atoms with E-state index in [4.69, 9.17) is 4.74 Å². The summed E-state index contributed by atoms with van der Waals surface area (Å²) in [6, 6.07) is 5.02. The van der Waals surface area contributed by atoms with Crippen LogP contribution in [0.1, 0.15) is 72.9 Å². The maximum Gasteiger partial charge on any atom is 0.410 e. The van der Waals surface area contributed by atoms with Crippen molar-refractivity contribution in [3.63, 3.8) is 0 Å². The Hall–Kier alpha value is -1.78. The molecule has 0 N–H and O–H groups in total. The molecule has 1 amide bonds. The van der Waals surface area contributed by atoms with E-state index in [0.29, 0.717) is 12.1 Å². The Balaban J connectivity index is 2.16. The van der Waals surface area contributed by atoms with E-state index in [1.54, 1.807) is 0 Å². The van der Waals surface area contributed by atoms with Crippen molar-refractivity contribution in [2.24, 2.45) is 0 Å². The third kappa shape index (κ3) is 4.86. The third-order valence-electron chi connectivity index (χ3n) is 4.41. The van der Waals surface area contributed by atoms with Gasteiger partial charge in [-0.2, -0.15) is 0 Å². The first-order valence-electron chi connectivity index (χ1n) is 9.34. The van der Waals surface area contributed by atoms with E-state index < -0.39 is 5.60 Å². The van der Waals surface area contributed by atoms with Crippen LogP contribution in [0, 0.1) is 0 Å². The molecule has 5 heteroatoms. The third-order valence-corrected chi connectivity index (χ3v) is 4.41. The minimum atomic E-state index is -0.471. The first-order valence-corrected chi connectivity index (χ1v) is 9.34. The maximum atomic E-state index is 12.5. The molecule has 1 aromatic rings. The zero-order chi connectivity index (χ0) is 18.8. The summed E-state index contributed by atoms with van der Waals surface area (Å²) < 4.78 is 5.56. The van der Waals surface area contributed by atoms with Crippen molar-refractivity contribution in [2.45, 2.75) is 85.0 Å². The van der Waals surface area contributed by atoms with Crippen LogP contribution < -0.4 is 4.90 Å². The molecule has 0 radical (unpaired) electrons. The standard InChI is InChI=1S/C20H33N3O2/c1-14(2)23(15(3)4)18-11-10-16(13-21-18)17-9-8-12-22(17)19(24)25-20(5,6)7/h10-11,13-15,17H,8-9,12H2,1-7H3/t17-/m1/s1. The van der Waals surface area contributed by atoms with Gasteiger partial charge in [-0.25, -0.2) is 9.78 Å². The lowest BCUT2D eigenvalue weighted by molar-refractivity contribution is 0.0224. The number of pyridine rings is 1. The van der Waals surface area contributed by atoms with Crippen molar-refractivity contribution in [2.75, 3.05) is 11.4 Å². The SMILES string of the molecule is CC(C)N(c1ccc([C@H]2CCCN2C(=O)OC(C)(C)C)cn1)C(C)C. The van der Waals surface area contributed by atoms with E-state index in [0.717, 1.165) is 30.8 Å². The highest BCUT2D eigenvalue weighted by Crippen LogP contribution is 2.33. The number of amides is 1. The van der Waals surface area contributed by atoms with Crippen LogP contribution in [0.4, 0.5) is 10.6 Å². The summed E-state index contributed by atoms with van der Waals surface area (Å²) in [6.07, 6.45) is 3.64. The number of hydrogen-bond donors (Lipinski definition) is 0. The molecular weight excluding hydrogens is 314 g/mol. The predicted octanol–water partition coefficient (Wildman–Crippen LogP) is 4.78. The Kier molecular flexibility index (Phi) is 5.96. The van der Waals surface area contributed by atoms with Crippen molar-refractivity contribution >= 4 is 11.9 Å². The Bertz CT molecular complexity index is 568. The number of carbonyl (C=O) groups excluding carboxylic acids is 1. The molecule has 0 spiro atoms. The van der Waals surface area contributed by atoms with Crippen molar-refractivity contribution < 1.29 is 9.53 Å². The average Bonchev–Trinajstić information content (AvgIpc) is 2.95. The lowest BCUT2D eigenvalue weighted by Gasteiger charge is -2.32. The summed E-state index contributed by atoms with van der Waals surface area (Å²) in [7, 11) is 0. The van der Waals surface area contributed by atoms with Crippen LogP contribution in [0.25, 0.3) is 0 Å². The lowest BCUT2D eigenvalue weighted by atomic mass is 10.1. The summed E-state index contributed by atoms with van der Waals surface area (Å²) in [4.78, 5) is 21.3. The van der Waals surface area contributed by atoms with Crippen molar-refractivity contribution in [3.05, 3.63) is 23.9 Å². The smallest absolute Gasteiger partial charge is 0.410 e. The molecule has 0 aromatic carbocycles. The highest BCUT2D eigenvalue weighted by Gasteiger charge is 2.33. The maximum absolute atomic E-state index is 12.5. The van der Waals surface area contributed by atoms with E-state index in [9.17, 15) is 4.79 Å². The van der Waals surface area contributed by atoms with Gasteiger partial charge in [0.1, 0.15) is 11.4 Å². The summed E-state index contributed by atoms with van der Waals surface area (Å²) in [5.41, 5.74) is 0.612. The Labute approximate surface area is 152 Å². The minimum absolute atomic E-state index is 0.0583. The highest BCUT2D eigenvalue weighted by molar-refractivity contribution is 5.69. The lowest BCUT2D eigenvalue weighted by Crippen LogP contribution is -2.38. The number of nitrogens with zero attached hydrogens (tertiary/aromatic N) is 3. The van der Waals surface area contributed by atoms with Crippen LogP contribution >= 0.6 is 0 Å². The number of likely N-dealkylation sites (tertiary alicyclic amines) is 1. The largest absolute Gasteiger partial charge is 0.444 e. The van der Waals surface area contributed by atoms with Gasteiger partial charge >= 0.3 is 6.09 Å². The summed E-state index contributed by atoms with van der Waals surface area (Å²) in [5.74, 6) is 0.982. The number of rotatable bonds is 4. The molecular formula is C20H33N3O2. The summed E-state index contributed by atoms with van der Waals surface area (Å²) in [6.45, 7) is 15.2. The fourth-order valence-corrected chi connectivity index (χ4v) is 3.53. The number of ether oxygens (including phenoxy) is 1. The van der Waals surface area contributed by atoms with Crippen LogP contribution in [0.5, 0.6) is 0 Å². The van der Waals surface area contributed by atoms with Crippen LogP contribution in [-0.2, 0) is 4.74 Å². The molecule has 0 aliphatic carbocycles. The van der Waals surface area contributed by atoms with Gasteiger partial charge in [-0.05, 0) is 72.9 Å². The van der Waals surface area contributed by atoms with Crippen molar-refractivity contribution in [3.8, 4) is 0 Å². The van der Waals surface area contributed by atoms with Crippen LogP contribution in [-0.4, -0.2) is 40.2 Å². The van der Waals surface area contributed by atoms with Gasteiger partial charge in [0.15, 0.2) is 0 Å². The number of carbonyl (C=O) groups is 1. The van der Waals surface area contributed by atoms with Crippen LogP contribution in [0.3, 0.4) is 0 Å². The first kappa shape index (κ1) is 19.5. The number of anilines is 1. The molecule has 0 bridgehead atoms. The summed E-state index contributed by atoms with van der Waals surface area (Å²) in [5, 5.41) is 0. The molecule has 1 aromatic heterocycles. The highest BCUT2D eigenvalue weighted by atomic mass is 16.6.